The van der Waals surface area contributed by atoms with Gasteiger partial charge < -0.3 is 10.2 Å². The van der Waals surface area contributed by atoms with Crippen molar-refractivity contribution in [3.05, 3.63) is 64.3 Å². The molecule has 0 fully saturated rings. The Morgan fingerprint density at radius 2 is 1.65 bits per heavy atom. The average molecular weight is 396 g/mol. The van der Waals surface area contributed by atoms with E-state index in [0.717, 1.165) is 0 Å². The molecule has 0 unspecified atom stereocenters. The number of carbonyl (C=O) groups is 1. The highest BCUT2D eigenvalue weighted by Gasteiger charge is 2.41. The van der Waals surface area contributed by atoms with E-state index in [4.69, 9.17) is 0 Å². The van der Waals surface area contributed by atoms with Gasteiger partial charge in [0, 0.05) is 10.0 Å². The molecule has 8 heteroatoms. The Labute approximate surface area is 140 Å². The van der Waals surface area contributed by atoms with E-state index < -0.39 is 27.4 Å². The van der Waals surface area contributed by atoms with Gasteiger partial charge in [-0.25, -0.2) is 17.5 Å². The predicted octanol–water partition coefficient (Wildman–Crippen LogP) is 2.97. The second-order valence-corrected chi connectivity index (χ2v) is 7.33. The van der Waals surface area contributed by atoms with Gasteiger partial charge in [0.2, 0.25) is 0 Å². The van der Waals surface area contributed by atoms with Crippen LogP contribution in [-0.4, -0.2) is 24.6 Å². The number of halogens is 1. The number of para-hydroxylation sites is 1. The number of hydrogen-bond donors (Lipinski definition) is 2. The first-order valence-corrected chi connectivity index (χ1v) is 8.65. The molecule has 0 saturated heterocycles. The number of sulfonamides is 1. The fourth-order valence-electron chi connectivity index (χ4n) is 2.38. The van der Waals surface area contributed by atoms with Crippen molar-refractivity contribution in [1.82, 2.24) is 0 Å². The molecule has 0 bridgehead atoms. The Balaban J connectivity index is 2.42. The maximum Gasteiger partial charge on any atom is 0.357 e. The second kappa shape index (κ2) is 5.39. The van der Waals surface area contributed by atoms with E-state index in [2.05, 4.69) is 15.9 Å². The van der Waals surface area contributed by atoms with Crippen LogP contribution >= 0.6 is 15.9 Å². The summed E-state index contributed by atoms with van der Waals surface area (Å²) in [7, 11) is -4.18. The summed E-state index contributed by atoms with van der Waals surface area (Å²) in [6, 6.07) is 12.0. The van der Waals surface area contributed by atoms with E-state index in [9.17, 15) is 23.4 Å². The van der Waals surface area contributed by atoms with Crippen LogP contribution in [0.25, 0.3) is 5.76 Å². The van der Waals surface area contributed by atoms with Gasteiger partial charge in [0.05, 0.1) is 10.6 Å². The molecular weight excluding hydrogens is 386 g/mol. The van der Waals surface area contributed by atoms with Crippen LogP contribution in [0.3, 0.4) is 0 Å². The molecule has 23 heavy (non-hydrogen) atoms. The first-order chi connectivity index (χ1) is 10.9. The molecule has 0 aliphatic carbocycles. The van der Waals surface area contributed by atoms with Gasteiger partial charge >= 0.3 is 5.97 Å². The number of anilines is 1. The lowest BCUT2D eigenvalue weighted by Crippen LogP contribution is -2.38. The van der Waals surface area contributed by atoms with Gasteiger partial charge in [-0.1, -0.05) is 24.3 Å². The van der Waals surface area contributed by atoms with Crippen LogP contribution in [0.1, 0.15) is 5.56 Å². The van der Waals surface area contributed by atoms with E-state index in [0.29, 0.717) is 8.78 Å². The minimum atomic E-state index is -4.18. The molecule has 3 rings (SSSR count). The third-order valence-corrected chi connectivity index (χ3v) is 5.80. The first-order valence-electron chi connectivity index (χ1n) is 6.41. The van der Waals surface area contributed by atoms with Crippen LogP contribution in [0.4, 0.5) is 5.69 Å². The SMILES string of the molecule is O=C(O)C1=C(O)c2ccccc2S(=O)(=O)N1c1ccccc1Br. The fraction of sp³-hybridized carbons (Fsp3) is 0. The number of carboxylic acids is 1. The number of benzene rings is 2. The zero-order valence-electron chi connectivity index (χ0n) is 11.5. The maximum atomic E-state index is 12.9. The van der Waals surface area contributed by atoms with Gasteiger partial charge in [-0.2, -0.15) is 0 Å². The topological polar surface area (TPSA) is 94.9 Å². The van der Waals surface area contributed by atoms with Crippen LogP contribution in [0.5, 0.6) is 0 Å². The molecule has 1 aliphatic heterocycles. The van der Waals surface area contributed by atoms with Crippen LogP contribution < -0.4 is 4.31 Å². The summed E-state index contributed by atoms with van der Waals surface area (Å²) in [4.78, 5) is 11.5. The Kier molecular flexibility index (Phi) is 3.65. The molecular formula is C15H10BrNO5S. The minimum absolute atomic E-state index is 0.0341. The third-order valence-electron chi connectivity index (χ3n) is 3.36. The second-order valence-electron chi connectivity index (χ2n) is 4.72. The van der Waals surface area contributed by atoms with Crippen molar-refractivity contribution < 1.29 is 23.4 Å². The molecule has 0 amide bonds. The summed E-state index contributed by atoms with van der Waals surface area (Å²) in [6.07, 6.45) is 0. The van der Waals surface area contributed by atoms with E-state index >= 15 is 0 Å². The Bertz CT molecular complexity index is 952. The molecule has 2 aromatic carbocycles. The largest absolute Gasteiger partial charge is 0.505 e. The number of hydrogen-bond acceptors (Lipinski definition) is 4. The summed E-state index contributed by atoms with van der Waals surface area (Å²) in [5.41, 5.74) is -0.644. The molecule has 2 N–H and O–H groups in total. The Hall–Kier alpha value is -2.32. The van der Waals surface area contributed by atoms with Crippen molar-refractivity contribution >= 4 is 43.4 Å². The van der Waals surface area contributed by atoms with Crippen LogP contribution in [0.2, 0.25) is 0 Å². The number of aliphatic hydroxyl groups excluding tert-OH is 1. The van der Waals surface area contributed by atoms with Gasteiger partial charge in [-0.3, -0.25) is 0 Å². The lowest BCUT2D eigenvalue weighted by molar-refractivity contribution is -0.132. The van der Waals surface area contributed by atoms with E-state index in [1.807, 2.05) is 0 Å². The third kappa shape index (κ3) is 2.30. The van der Waals surface area contributed by atoms with Gasteiger partial charge in [0.1, 0.15) is 0 Å². The van der Waals surface area contributed by atoms with E-state index in [-0.39, 0.29) is 16.1 Å². The molecule has 6 nitrogen and oxygen atoms in total. The smallest absolute Gasteiger partial charge is 0.357 e. The van der Waals surface area contributed by atoms with Gasteiger partial charge in [0.15, 0.2) is 11.5 Å². The van der Waals surface area contributed by atoms with Crippen LogP contribution in [0.15, 0.2) is 63.6 Å². The first kappa shape index (κ1) is 15.6. The zero-order chi connectivity index (χ0) is 16.8. The van der Waals surface area contributed by atoms with Crippen molar-refractivity contribution in [2.24, 2.45) is 0 Å². The van der Waals surface area contributed by atoms with Crippen molar-refractivity contribution in [2.75, 3.05) is 4.31 Å². The quantitative estimate of drug-likeness (QED) is 0.814. The molecule has 1 aliphatic rings. The fourth-order valence-corrected chi connectivity index (χ4v) is 4.68. The lowest BCUT2D eigenvalue weighted by atomic mass is 10.1. The normalized spacial score (nSPS) is 16.1. The van der Waals surface area contributed by atoms with E-state index in [1.54, 1.807) is 18.2 Å². The molecule has 0 aromatic heterocycles. The monoisotopic (exact) mass is 395 g/mol. The van der Waals surface area contributed by atoms with Gasteiger partial charge in [-0.15, -0.1) is 0 Å². The number of carboxylic acid groups (broad SMARTS) is 1. The van der Waals surface area contributed by atoms with Crippen molar-refractivity contribution in [1.29, 1.82) is 0 Å². The summed E-state index contributed by atoms with van der Waals surface area (Å²) < 4.78 is 26.8. The maximum absolute atomic E-state index is 12.9. The number of fused-ring (bicyclic) bond motifs is 1. The summed E-state index contributed by atoms with van der Waals surface area (Å²) in [5.74, 6) is -2.14. The van der Waals surface area contributed by atoms with Crippen LogP contribution in [-0.2, 0) is 14.8 Å². The average Bonchev–Trinajstić information content (AvgIpc) is 2.51. The molecule has 1 heterocycles. The summed E-state index contributed by atoms with van der Waals surface area (Å²) in [5, 5.41) is 19.8. The van der Waals surface area contributed by atoms with Crippen molar-refractivity contribution in [3.8, 4) is 0 Å². The number of rotatable bonds is 2. The minimum Gasteiger partial charge on any atom is -0.505 e. The zero-order valence-corrected chi connectivity index (χ0v) is 13.9. The Morgan fingerprint density at radius 1 is 1.04 bits per heavy atom. The van der Waals surface area contributed by atoms with Crippen molar-refractivity contribution in [2.45, 2.75) is 4.90 Å². The molecule has 118 valence electrons. The number of aliphatic hydroxyl groups is 1. The van der Waals surface area contributed by atoms with Gasteiger partial charge in [-0.05, 0) is 40.2 Å². The van der Waals surface area contributed by atoms with Gasteiger partial charge in [0.25, 0.3) is 10.0 Å². The molecule has 0 atom stereocenters. The van der Waals surface area contributed by atoms with E-state index in [1.165, 1.54) is 30.3 Å². The van der Waals surface area contributed by atoms with Crippen LogP contribution in [0, 0.1) is 0 Å². The highest BCUT2D eigenvalue weighted by atomic mass is 79.9. The molecule has 2 aromatic rings. The molecule has 0 spiro atoms. The van der Waals surface area contributed by atoms with Crippen molar-refractivity contribution in [3.63, 3.8) is 0 Å². The number of nitrogens with zero attached hydrogens (tertiary/aromatic N) is 1. The summed E-state index contributed by atoms with van der Waals surface area (Å²) >= 11 is 3.22. The number of aliphatic carboxylic acids is 1. The molecule has 0 radical (unpaired) electrons. The standard InChI is InChI=1S/C15H10BrNO5S/c16-10-6-2-3-7-11(10)17-13(15(19)20)14(18)9-5-1-4-8-12(9)23(17,21)22/h1-8,18H,(H,19,20). The highest BCUT2D eigenvalue weighted by Crippen LogP contribution is 2.41. The Morgan fingerprint density at radius 3 is 2.30 bits per heavy atom. The predicted molar refractivity (Wildman–Crippen MR) is 87.4 cm³/mol. The highest BCUT2D eigenvalue weighted by molar-refractivity contribution is 9.10. The summed E-state index contributed by atoms with van der Waals surface area (Å²) in [6.45, 7) is 0. The lowest BCUT2D eigenvalue weighted by Gasteiger charge is -2.30. The molecule has 0 saturated carbocycles.